The van der Waals surface area contributed by atoms with Crippen LogP contribution in [-0.2, 0) is 10.0 Å². The van der Waals surface area contributed by atoms with Crippen molar-refractivity contribution in [3.05, 3.63) is 23.8 Å². The molecule has 27 heavy (non-hydrogen) atoms. The largest absolute Gasteiger partial charge is 0.335 e. The summed E-state index contributed by atoms with van der Waals surface area (Å²) < 4.78 is 27.4. The Labute approximate surface area is 164 Å². The fraction of sp³-hybridized carbons (Fsp3) is 0.579. The molecule has 0 unspecified atom stereocenters. The summed E-state index contributed by atoms with van der Waals surface area (Å²) in [5, 5.41) is 0.506. The molecule has 0 aromatic heterocycles. The van der Waals surface area contributed by atoms with E-state index in [2.05, 4.69) is 9.30 Å². The number of hydrogen-bond donors (Lipinski definition) is 0. The summed E-state index contributed by atoms with van der Waals surface area (Å²) in [5.41, 5.74) is 1.66. The molecule has 5 rings (SSSR count). The Morgan fingerprint density at radius 1 is 1.11 bits per heavy atom. The van der Waals surface area contributed by atoms with E-state index in [1.54, 1.807) is 0 Å². The van der Waals surface area contributed by atoms with Crippen LogP contribution in [0, 0.1) is 5.92 Å². The van der Waals surface area contributed by atoms with Gasteiger partial charge in [0.05, 0.1) is 11.4 Å². The molecule has 0 N–H and O–H groups in total. The molecule has 2 atom stereocenters. The quantitative estimate of drug-likeness (QED) is 0.718. The average molecular weight is 406 g/mol. The van der Waals surface area contributed by atoms with Gasteiger partial charge in [-0.2, -0.15) is 0 Å². The summed E-state index contributed by atoms with van der Waals surface area (Å²) >= 11 is 1.35. The van der Waals surface area contributed by atoms with Crippen molar-refractivity contribution >= 4 is 38.5 Å². The minimum absolute atomic E-state index is 0.0357. The first kappa shape index (κ1) is 17.6. The van der Waals surface area contributed by atoms with Crippen molar-refractivity contribution in [2.45, 2.75) is 49.5 Å². The third-order valence-electron chi connectivity index (χ3n) is 6.22. The number of likely N-dealkylation sites (tertiary alicyclic amines) is 1. The fourth-order valence-corrected chi connectivity index (χ4v) is 7.20. The molecule has 0 spiro atoms. The number of piperidine rings is 1. The number of anilines is 1. The van der Waals surface area contributed by atoms with Gasteiger partial charge in [-0.15, -0.1) is 4.40 Å². The highest BCUT2D eigenvalue weighted by molar-refractivity contribution is 8.15. The molecule has 8 heteroatoms. The van der Waals surface area contributed by atoms with Crippen molar-refractivity contribution in [1.82, 2.24) is 4.90 Å². The van der Waals surface area contributed by atoms with Crippen molar-refractivity contribution in [1.29, 1.82) is 0 Å². The third kappa shape index (κ3) is 3.06. The molecule has 6 nitrogen and oxygen atoms in total. The molecule has 1 amide bonds. The molecule has 144 valence electrons. The maximum atomic E-state index is 13.2. The summed E-state index contributed by atoms with van der Waals surface area (Å²) in [6, 6.07) is 6.14. The van der Waals surface area contributed by atoms with Gasteiger partial charge in [0.1, 0.15) is 0 Å². The Kier molecular flexibility index (Phi) is 4.23. The molecule has 1 aromatic carbocycles. The van der Waals surface area contributed by atoms with E-state index in [0.29, 0.717) is 29.2 Å². The first-order valence-electron chi connectivity index (χ1n) is 9.75. The summed E-state index contributed by atoms with van der Waals surface area (Å²) in [6.07, 6.45) is 7.22. The zero-order valence-corrected chi connectivity index (χ0v) is 16.8. The second-order valence-corrected chi connectivity index (χ2v) is 10.6. The number of amidine groups is 1. The third-order valence-corrected chi connectivity index (χ3v) is 8.53. The Bertz CT molecular complexity index is 926. The monoisotopic (exact) mass is 405 g/mol. The lowest BCUT2D eigenvalue weighted by Gasteiger charge is -2.44. The minimum Gasteiger partial charge on any atom is -0.335 e. The van der Waals surface area contributed by atoms with E-state index in [1.807, 2.05) is 23.1 Å². The average Bonchev–Trinajstić information content (AvgIpc) is 3.02. The number of carbonyl (C=O) groups excluding carboxylic acids is 1. The summed E-state index contributed by atoms with van der Waals surface area (Å²) in [5.74, 6) is 0.817. The first-order chi connectivity index (χ1) is 13.0. The molecule has 3 aliphatic heterocycles. The number of carbonyl (C=O) groups is 1. The number of benzene rings is 1. The summed E-state index contributed by atoms with van der Waals surface area (Å²) in [6.45, 7) is 1.27. The normalized spacial score (nSPS) is 28.8. The number of sulfonamides is 1. The minimum atomic E-state index is -3.36. The van der Waals surface area contributed by atoms with E-state index in [9.17, 15) is 13.2 Å². The number of thioether (sulfide) groups is 1. The predicted molar refractivity (Wildman–Crippen MR) is 107 cm³/mol. The second kappa shape index (κ2) is 6.51. The predicted octanol–water partition coefficient (Wildman–Crippen LogP) is 3.09. The molecular weight excluding hydrogens is 382 g/mol. The molecule has 1 saturated carbocycles. The van der Waals surface area contributed by atoms with Crippen LogP contribution in [0.3, 0.4) is 0 Å². The van der Waals surface area contributed by atoms with Gasteiger partial charge in [-0.3, -0.25) is 4.79 Å². The van der Waals surface area contributed by atoms with Crippen molar-refractivity contribution in [2.24, 2.45) is 10.3 Å². The maximum absolute atomic E-state index is 13.2. The number of hydrogen-bond acceptors (Lipinski definition) is 5. The van der Waals surface area contributed by atoms with E-state index < -0.39 is 10.0 Å². The van der Waals surface area contributed by atoms with Crippen LogP contribution in [0.5, 0.6) is 0 Å². The molecule has 2 fully saturated rings. The lowest BCUT2D eigenvalue weighted by atomic mass is 9.78. The van der Waals surface area contributed by atoms with Crippen molar-refractivity contribution in [2.75, 3.05) is 23.7 Å². The van der Waals surface area contributed by atoms with Gasteiger partial charge >= 0.3 is 0 Å². The molecule has 0 radical (unpaired) electrons. The van der Waals surface area contributed by atoms with Crippen LogP contribution < -0.4 is 4.90 Å². The van der Waals surface area contributed by atoms with Crippen LogP contribution in [0.25, 0.3) is 0 Å². The number of amides is 1. The van der Waals surface area contributed by atoms with Gasteiger partial charge in [-0.25, -0.2) is 8.42 Å². The standard InChI is InChI=1S/C19H23N3O3S2/c23-18(21-9-3-5-13-4-1-2-6-15(13)21)14-7-8-16-17(12-14)26-19-20-27(24,25)11-10-22(16)19/h7-8,12-13,15H,1-6,9-11H2/t13-,15+/m0/s1. The van der Waals surface area contributed by atoms with Crippen molar-refractivity contribution < 1.29 is 13.2 Å². The lowest BCUT2D eigenvalue weighted by molar-refractivity contribution is 0.0390. The van der Waals surface area contributed by atoms with Gasteiger partial charge in [0, 0.05) is 29.6 Å². The fourth-order valence-electron chi connectivity index (χ4n) is 4.91. The highest BCUT2D eigenvalue weighted by Crippen LogP contribution is 2.43. The van der Waals surface area contributed by atoms with E-state index in [-0.39, 0.29) is 11.7 Å². The Morgan fingerprint density at radius 2 is 1.93 bits per heavy atom. The van der Waals surface area contributed by atoms with Crippen LogP contribution >= 0.6 is 11.8 Å². The highest BCUT2D eigenvalue weighted by atomic mass is 32.2. The van der Waals surface area contributed by atoms with Crippen LogP contribution in [0.15, 0.2) is 27.5 Å². The molecule has 4 aliphatic rings. The van der Waals surface area contributed by atoms with Gasteiger partial charge in [-0.1, -0.05) is 12.8 Å². The molecule has 1 aromatic rings. The van der Waals surface area contributed by atoms with E-state index in [4.69, 9.17) is 0 Å². The van der Waals surface area contributed by atoms with E-state index in [1.165, 1.54) is 37.4 Å². The van der Waals surface area contributed by atoms with Gasteiger partial charge in [-0.05, 0) is 61.6 Å². The molecular formula is C19H23N3O3S2. The van der Waals surface area contributed by atoms with Crippen molar-refractivity contribution in [3.8, 4) is 0 Å². The first-order valence-corrected chi connectivity index (χ1v) is 12.2. The number of nitrogens with zero attached hydrogens (tertiary/aromatic N) is 3. The Balaban J connectivity index is 1.42. The summed E-state index contributed by atoms with van der Waals surface area (Å²) in [7, 11) is -3.36. The van der Waals surface area contributed by atoms with E-state index >= 15 is 0 Å². The molecule has 1 aliphatic carbocycles. The zero-order chi connectivity index (χ0) is 18.6. The smallest absolute Gasteiger partial charge is 0.257 e. The number of rotatable bonds is 1. The van der Waals surface area contributed by atoms with Crippen LogP contribution in [-0.4, -0.2) is 49.3 Å². The van der Waals surface area contributed by atoms with Gasteiger partial charge in [0.25, 0.3) is 15.9 Å². The van der Waals surface area contributed by atoms with Gasteiger partial charge in [0.15, 0.2) is 5.17 Å². The SMILES string of the molecule is O=C(c1ccc2c(c1)SC1=NS(=O)(=O)CCN12)N1CCC[C@@H]2CCCC[C@H]21. The van der Waals surface area contributed by atoms with Crippen LogP contribution in [0.1, 0.15) is 48.9 Å². The topological polar surface area (TPSA) is 70.0 Å². The molecule has 3 heterocycles. The molecule has 1 saturated heterocycles. The zero-order valence-electron chi connectivity index (χ0n) is 15.1. The lowest BCUT2D eigenvalue weighted by Crippen LogP contribution is -2.49. The Hall–Kier alpha value is -1.54. The summed E-state index contributed by atoms with van der Waals surface area (Å²) in [4.78, 5) is 18.2. The van der Waals surface area contributed by atoms with Crippen molar-refractivity contribution in [3.63, 3.8) is 0 Å². The maximum Gasteiger partial charge on any atom is 0.257 e. The molecule has 0 bridgehead atoms. The highest BCUT2D eigenvalue weighted by Gasteiger charge is 2.37. The van der Waals surface area contributed by atoms with Gasteiger partial charge in [0.2, 0.25) is 0 Å². The second-order valence-electron chi connectivity index (χ2n) is 7.85. The van der Waals surface area contributed by atoms with Gasteiger partial charge < -0.3 is 9.80 Å². The number of fused-ring (bicyclic) bond motifs is 4. The van der Waals surface area contributed by atoms with E-state index in [0.717, 1.165) is 30.0 Å². The van der Waals surface area contributed by atoms with Crippen LogP contribution in [0.2, 0.25) is 0 Å². The van der Waals surface area contributed by atoms with Crippen LogP contribution in [0.4, 0.5) is 5.69 Å². The Morgan fingerprint density at radius 3 is 2.81 bits per heavy atom.